The van der Waals surface area contributed by atoms with Crippen LogP contribution in [0.2, 0.25) is 0 Å². The van der Waals surface area contributed by atoms with Gasteiger partial charge >= 0.3 is 12.2 Å². The van der Waals surface area contributed by atoms with E-state index in [2.05, 4.69) is 5.32 Å². The van der Waals surface area contributed by atoms with Gasteiger partial charge in [0.2, 0.25) is 0 Å². The second-order valence-electron chi connectivity index (χ2n) is 8.84. The minimum absolute atomic E-state index is 0.0848. The van der Waals surface area contributed by atoms with Crippen molar-refractivity contribution >= 4 is 11.9 Å². The van der Waals surface area contributed by atoms with E-state index in [4.69, 9.17) is 0 Å². The van der Waals surface area contributed by atoms with Gasteiger partial charge in [-0.15, -0.1) is 0 Å². The number of halogens is 3. The maximum absolute atomic E-state index is 12.9. The number of carbonyl (C=O) groups is 2. The lowest BCUT2D eigenvalue weighted by Crippen LogP contribution is -3.28. The van der Waals surface area contributed by atoms with E-state index in [1.165, 1.54) is 26.8 Å². The summed E-state index contributed by atoms with van der Waals surface area (Å²) < 4.78 is 38.7. The number of carbonyl (C=O) groups excluding carboxylic acids is 2. The summed E-state index contributed by atoms with van der Waals surface area (Å²) in [5, 5.41) is 2.94. The Bertz CT molecular complexity index is 800. The largest absolute Gasteiger partial charge is 0.416 e. The molecule has 9 heteroatoms. The molecule has 0 unspecified atom stereocenters. The summed E-state index contributed by atoms with van der Waals surface area (Å²) in [4.78, 5) is 29.1. The molecule has 1 spiro atoms. The molecule has 2 aliphatic heterocycles. The lowest BCUT2D eigenvalue weighted by molar-refractivity contribution is -1.02. The zero-order valence-corrected chi connectivity index (χ0v) is 17.0. The van der Waals surface area contributed by atoms with Gasteiger partial charge in [-0.05, 0) is 25.0 Å². The summed E-state index contributed by atoms with van der Waals surface area (Å²) in [7, 11) is 0. The molecule has 1 aromatic rings. The van der Waals surface area contributed by atoms with Crippen LogP contribution in [0.4, 0.5) is 18.0 Å². The van der Waals surface area contributed by atoms with Gasteiger partial charge in [0.25, 0.3) is 5.91 Å². The van der Waals surface area contributed by atoms with Crippen LogP contribution in [0.3, 0.4) is 0 Å². The molecule has 4 rings (SSSR count). The highest BCUT2D eigenvalue weighted by Gasteiger charge is 2.52. The van der Waals surface area contributed by atoms with E-state index < -0.39 is 17.3 Å². The first kappa shape index (κ1) is 21.1. The predicted octanol–water partition coefficient (Wildman–Crippen LogP) is 0.201. The van der Waals surface area contributed by atoms with Crippen molar-refractivity contribution in [3.05, 3.63) is 35.4 Å². The van der Waals surface area contributed by atoms with Crippen LogP contribution in [-0.2, 0) is 17.5 Å². The molecule has 30 heavy (non-hydrogen) atoms. The number of rotatable bonds is 4. The molecule has 3 N–H and O–H groups in total. The summed E-state index contributed by atoms with van der Waals surface area (Å²) in [5.74, 6) is -0.0848. The van der Waals surface area contributed by atoms with Gasteiger partial charge in [0, 0.05) is 5.56 Å². The lowest BCUT2D eigenvalue weighted by atomic mass is 9.82. The number of quaternary nitrogens is 2. The summed E-state index contributed by atoms with van der Waals surface area (Å²) in [6.07, 6.45) is 0.144. The van der Waals surface area contributed by atoms with Crippen molar-refractivity contribution in [2.75, 3.05) is 32.8 Å². The summed E-state index contributed by atoms with van der Waals surface area (Å²) in [6, 6.07) is 5.23. The number of nitrogens with zero attached hydrogens (tertiary/aromatic N) is 1. The fourth-order valence-electron chi connectivity index (χ4n) is 4.98. The van der Waals surface area contributed by atoms with Crippen molar-refractivity contribution in [2.24, 2.45) is 0 Å². The molecule has 1 aromatic carbocycles. The van der Waals surface area contributed by atoms with Crippen LogP contribution in [0, 0.1) is 0 Å². The average Bonchev–Trinajstić information content (AvgIpc) is 2.93. The number of amides is 3. The molecule has 1 aliphatic carbocycles. The molecule has 0 bridgehead atoms. The molecule has 1 saturated carbocycles. The van der Waals surface area contributed by atoms with Crippen LogP contribution in [0.15, 0.2) is 24.3 Å². The number of nitrogens with one attached hydrogen (secondary N) is 3. The highest BCUT2D eigenvalue weighted by Crippen LogP contribution is 2.33. The molecule has 3 amide bonds. The van der Waals surface area contributed by atoms with Crippen LogP contribution in [0.1, 0.15) is 43.2 Å². The standard InChI is InChI=1S/C21H27F3N4O2/c22-21(23,24)17-6-4-5-16(13-17)14-26-9-11-27(12-10-26)15-28-18(29)20(25-19(28)30)7-2-1-3-8-20/h4-6,13H,1-3,7-12,14-15H2,(H,25,30)/p+2. The fraction of sp³-hybridized carbons (Fsp3) is 0.619. The van der Waals surface area contributed by atoms with Crippen molar-refractivity contribution in [2.45, 2.75) is 50.4 Å². The summed E-state index contributed by atoms with van der Waals surface area (Å²) >= 11 is 0. The van der Waals surface area contributed by atoms with Crippen molar-refractivity contribution < 1.29 is 32.6 Å². The number of hydrogen-bond donors (Lipinski definition) is 3. The second kappa shape index (κ2) is 8.19. The van der Waals surface area contributed by atoms with E-state index >= 15 is 0 Å². The first-order chi connectivity index (χ1) is 14.3. The van der Waals surface area contributed by atoms with Gasteiger partial charge < -0.3 is 15.1 Å². The predicted molar refractivity (Wildman–Crippen MR) is 103 cm³/mol. The first-order valence-corrected chi connectivity index (χ1v) is 10.7. The number of benzene rings is 1. The number of urea groups is 1. The quantitative estimate of drug-likeness (QED) is 0.603. The normalized spacial score (nSPS) is 26.8. The molecule has 0 radical (unpaired) electrons. The van der Waals surface area contributed by atoms with Gasteiger partial charge in [-0.2, -0.15) is 13.2 Å². The molecule has 6 nitrogen and oxygen atoms in total. The number of imide groups is 1. The van der Waals surface area contributed by atoms with Crippen LogP contribution in [0.5, 0.6) is 0 Å². The third-order valence-corrected chi connectivity index (χ3v) is 6.71. The third-order valence-electron chi connectivity index (χ3n) is 6.71. The van der Waals surface area contributed by atoms with Crippen molar-refractivity contribution in [1.82, 2.24) is 10.2 Å². The number of piperazine rings is 1. The minimum Gasteiger partial charge on any atom is -0.323 e. The highest BCUT2D eigenvalue weighted by atomic mass is 19.4. The Morgan fingerprint density at radius 1 is 1.00 bits per heavy atom. The van der Waals surface area contributed by atoms with E-state index in [9.17, 15) is 22.8 Å². The smallest absolute Gasteiger partial charge is 0.323 e. The molecule has 0 aromatic heterocycles. The molecular formula is C21H29F3N4O2+2. The van der Waals surface area contributed by atoms with Crippen LogP contribution >= 0.6 is 0 Å². The Balaban J connectivity index is 1.30. The fourth-order valence-corrected chi connectivity index (χ4v) is 4.98. The SMILES string of the molecule is O=C1NC2(CCCCC2)C(=O)N1C[NH+]1CC[NH+](Cc2cccc(C(F)(F)F)c2)CC1. The van der Waals surface area contributed by atoms with E-state index in [1.54, 1.807) is 6.07 Å². The molecule has 0 atom stereocenters. The van der Waals surface area contributed by atoms with Gasteiger partial charge in [0.1, 0.15) is 38.3 Å². The number of alkyl halides is 3. The maximum atomic E-state index is 12.9. The Morgan fingerprint density at radius 2 is 1.67 bits per heavy atom. The lowest BCUT2D eigenvalue weighted by Gasteiger charge is -2.32. The molecule has 3 aliphatic rings. The van der Waals surface area contributed by atoms with Crippen LogP contribution in [-0.4, -0.2) is 55.2 Å². The molecule has 3 fully saturated rings. The highest BCUT2D eigenvalue weighted by molar-refractivity contribution is 6.06. The molecule has 2 heterocycles. The van der Waals surface area contributed by atoms with Gasteiger partial charge in [0.05, 0.1) is 5.56 Å². The molecule has 2 saturated heterocycles. The van der Waals surface area contributed by atoms with Gasteiger partial charge in [-0.25, -0.2) is 9.69 Å². The van der Waals surface area contributed by atoms with E-state index in [1.807, 2.05) is 0 Å². The minimum atomic E-state index is -4.33. The Morgan fingerprint density at radius 3 is 2.33 bits per heavy atom. The topological polar surface area (TPSA) is 58.3 Å². The van der Waals surface area contributed by atoms with Crippen molar-refractivity contribution in [3.63, 3.8) is 0 Å². The zero-order chi connectivity index (χ0) is 21.4. The second-order valence-corrected chi connectivity index (χ2v) is 8.84. The zero-order valence-electron chi connectivity index (χ0n) is 17.0. The van der Waals surface area contributed by atoms with Gasteiger partial charge in [0.15, 0.2) is 6.67 Å². The van der Waals surface area contributed by atoms with Gasteiger partial charge in [-0.3, -0.25) is 4.79 Å². The molecular weight excluding hydrogens is 397 g/mol. The van der Waals surface area contributed by atoms with Crippen LogP contribution in [0.25, 0.3) is 0 Å². The van der Waals surface area contributed by atoms with Crippen LogP contribution < -0.4 is 15.1 Å². The molecule has 164 valence electrons. The van der Waals surface area contributed by atoms with E-state index in [-0.39, 0.29) is 11.9 Å². The monoisotopic (exact) mass is 426 g/mol. The Kier molecular flexibility index (Phi) is 5.76. The first-order valence-electron chi connectivity index (χ1n) is 10.7. The van der Waals surface area contributed by atoms with Crippen molar-refractivity contribution in [1.29, 1.82) is 0 Å². The Labute approximate surface area is 174 Å². The maximum Gasteiger partial charge on any atom is 0.416 e. The average molecular weight is 426 g/mol. The number of hydrogen-bond acceptors (Lipinski definition) is 2. The Hall–Kier alpha value is -2.13. The van der Waals surface area contributed by atoms with Gasteiger partial charge in [-0.1, -0.05) is 31.4 Å². The van der Waals surface area contributed by atoms with E-state index in [0.29, 0.717) is 18.8 Å². The summed E-state index contributed by atoms with van der Waals surface area (Å²) in [5.41, 5.74) is -0.624. The third kappa shape index (κ3) is 4.32. The summed E-state index contributed by atoms with van der Waals surface area (Å²) in [6.45, 7) is 4.05. The van der Waals surface area contributed by atoms with Crippen molar-refractivity contribution in [3.8, 4) is 0 Å². The van der Waals surface area contributed by atoms with E-state index in [0.717, 1.165) is 64.3 Å².